The first-order valence-corrected chi connectivity index (χ1v) is 7.53. The summed E-state index contributed by atoms with van der Waals surface area (Å²) in [4.78, 5) is 19.3. The normalized spacial score (nSPS) is 14.5. The van der Waals surface area contributed by atoms with Crippen LogP contribution in [0.3, 0.4) is 0 Å². The van der Waals surface area contributed by atoms with Gasteiger partial charge in [-0.2, -0.15) is 5.26 Å². The molecule has 1 aliphatic heterocycles. The highest BCUT2D eigenvalue weighted by Crippen LogP contribution is 2.21. The molecule has 0 aliphatic carbocycles. The quantitative estimate of drug-likeness (QED) is 0.841. The number of rotatable bonds is 3. The molecule has 3 heterocycles. The van der Waals surface area contributed by atoms with Gasteiger partial charge < -0.3 is 14.7 Å². The Labute approximate surface area is 135 Å². The van der Waals surface area contributed by atoms with Crippen LogP contribution in [-0.4, -0.2) is 55.2 Å². The van der Waals surface area contributed by atoms with Crippen LogP contribution in [0, 0.1) is 11.3 Å². The number of piperazine rings is 1. The van der Waals surface area contributed by atoms with E-state index in [1.165, 1.54) is 0 Å². The summed E-state index contributed by atoms with van der Waals surface area (Å²) in [7, 11) is 3.93. The lowest BCUT2D eigenvalue weighted by molar-refractivity contribution is 0.640. The minimum atomic E-state index is 0.623. The van der Waals surface area contributed by atoms with Crippen LogP contribution < -0.4 is 14.7 Å². The van der Waals surface area contributed by atoms with E-state index in [2.05, 4.69) is 30.8 Å². The molecule has 0 bridgehead atoms. The van der Waals surface area contributed by atoms with Crippen molar-refractivity contribution >= 4 is 17.5 Å². The number of aromatic nitrogens is 3. The lowest BCUT2D eigenvalue weighted by Crippen LogP contribution is -2.47. The van der Waals surface area contributed by atoms with Gasteiger partial charge in [0.2, 0.25) is 0 Å². The molecule has 1 fully saturated rings. The van der Waals surface area contributed by atoms with E-state index in [1.54, 1.807) is 18.6 Å². The largest absolute Gasteiger partial charge is 0.363 e. The molecule has 0 aromatic carbocycles. The monoisotopic (exact) mass is 309 g/mol. The Morgan fingerprint density at radius 2 is 1.83 bits per heavy atom. The third kappa shape index (κ3) is 3.16. The van der Waals surface area contributed by atoms with E-state index in [4.69, 9.17) is 0 Å². The van der Waals surface area contributed by atoms with Crippen molar-refractivity contribution in [1.29, 1.82) is 5.26 Å². The second kappa shape index (κ2) is 6.48. The number of anilines is 3. The number of nitriles is 1. The molecule has 2 aromatic heterocycles. The number of hydrogen-bond acceptors (Lipinski definition) is 7. The summed E-state index contributed by atoms with van der Waals surface area (Å²) in [6, 6.07) is 7.81. The minimum absolute atomic E-state index is 0.623. The number of pyridine rings is 1. The van der Waals surface area contributed by atoms with Gasteiger partial charge >= 0.3 is 0 Å². The molecule has 0 radical (unpaired) electrons. The van der Waals surface area contributed by atoms with Gasteiger partial charge in [-0.25, -0.2) is 15.0 Å². The average Bonchev–Trinajstić information content (AvgIpc) is 2.62. The predicted molar refractivity (Wildman–Crippen MR) is 89.7 cm³/mol. The van der Waals surface area contributed by atoms with Crippen molar-refractivity contribution in [3.63, 3.8) is 0 Å². The Hall–Kier alpha value is -2.88. The van der Waals surface area contributed by atoms with E-state index in [1.807, 2.05) is 31.1 Å². The maximum Gasteiger partial charge on any atom is 0.146 e. The van der Waals surface area contributed by atoms with Crippen LogP contribution in [0.2, 0.25) is 0 Å². The third-order valence-corrected chi connectivity index (χ3v) is 3.91. The molecular weight excluding hydrogens is 290 g/mol. The summed E-state index contributed by atoms with van der Waals surface area (Å²) >= 11 is 0. The van der Waals surface area contributed by atoms with Gasteiger partial charge in [-0.05, 0) is 12.1 Å². The lowest BCUT2D eigenvalue weighted by atomic mass is 10.2. The highest BCUT2D eigenvalue weighted by molar-refractivity contribution is 5.55. The fourth-order valence-electron chi connectivity index (χ4n) is 2.64. The molecule has 0 atom stereocenters. The molecule has 1 saturated heterocycles. The standard InChI is InChI=1S/C16H19N7/c1-21(2)14-10-15(20-12-19-14)22-6-8-23(9-7-22)16-13(11-17)4-3-5-18-16/h3-5,10,12H,6-9H2,1-2H3. The zero-order chi connectivity index (χ0) is 16.2. The zero-order valence-corrected chi connectivity index (χ0v) is 13.3. The molecule has 23 heavy (non-hydrogen) atoms. The van der Waals surface area contributed by atoms with E-state index in [0.29, 0.717) is 5.56 Å². The molecule has 0 saturated carbocycles. The second-order valence-corrected chi connectivity index (χ2v) is 5.59. The van der Waals surface area contributed by atoms with Crippen LogP contribution in [0.5, 0.6) is 0 Å². The van der Waals surface area contributed by atoms with Crippen LogP contribution in [0.25, 0.3) is 0 Å². The summed E-state index contributed by atoms with van der Waals surface area (Å²) in [6.45, 7) is 3.30. The fraction of sp³-hybridized carbons (Fsp3) is 0.375. The van der Waals surface area contributed by atoms with Crippen LogP contribution in [-0.2, 0) is 0 Å². The van der Waals surface area contributed by atoms with Crippen molar-refractivity contribution in [2.24, 2.45) is 0 Å². The molecular formula is C16H19N7. The van der Waals surface area contributed by atoms with Crippen molar-refractivity contribution in [3.8, 4) is 6.07 Å². The molecule has 0 N–H and O–H groups in total. The first-order chi connectivity index (χ1) is 11.2. The Balaban J connectivity index is 1.71. The smallest absolute Gasteiger partial charge is 0.146 e. The topological polar surface area (TPSA) is 72.2 Å². The molecule has 2 aromatic rings. The van der Waals surface area contributed by atoms with E-state index < -0.39 is 0 Å². The molecule has 7 nitrogen and oxygen atoms in total. The van der Waals surface area contributed by atoms with Crippen molar-refractivity contribution < 1.29 is 0 Å². The summed E-state index contributed by atoms with van der Waals surface area (Å²) in [6.07, 6.45) is 3.33. The fourth-order valence-corrected chi connectivity index (χ4v) is 2.64. The first kappa shape index (κ1) is 15.0. The van der Waals surface area contributed by atoms with Gasteiger partial charge in [0.1, 0.15) is 29.9 Å². The SMILES string of the molecule is CN(C)c1cc(N2CCN(c3ncccc3C#N)CC2)ncn1. The molecule has 118 valence electrons. The predicted octanol–water partition coefficient (Wildman–Crippen LogP) is 1.14. The zero-order valence-electron chi connectivity index (χ0n) is 13.3. The third-order valence-electron chi connectivity index (χ3n) is 3.91. The Morgan fingerprint density at radius 1 is 1.09 bits per heavy atom. The first-order valence-electron chi connectivity index (χ1n) is 7.53. The van der Waals surface area contributed by atoms with Crippen molar-refractivity contribution in [3.05, 3.63) is 36.3 Å². The average molecular weight is 309 g/mol. The van der Waals surface area contributed by atoms with Gasteiger partial charge in [-0.3, -0.25) is 0 Å². The van der Waals surface area contributed by atoms with Crippen LogP contribution in [0.15, 0.2) is 30.7 Å². The molecule has 0 spiro atoms. The highest BCUT2D eigenvalue weighted by Gasteiger charge is 2.21. The lowest BCUT2D eigenvalue weighted by Gasteiger charge is -2.36. The van der Waals surface area contributed by atoms with Gasteiger partial charge in [0, 0.05) is 52.5 Å². The molecule has 0 amide bonds. The van der Waals surface area contributed by atoms with Gasteiger partial charge in [0.25, 0.3) is 0 Å². The van der Waals surface area contributed by atoms with Gasteiger partial charge in [-0.15, -0.1) is 0 Å². The maximum absolute atomic E-state index is 9.21. The van der Waals surface area contributed by atoms with Gasteiger partial charge in [-0.1, -0.05) is 0 Å². The molecule has 1 aliphatic rings. The second-order valence-electron chi connectivity index (χ2n) is 5.59. The summed E-state index contributed by atoms with van der Waals surface area (Å²) in [5.74, 6) is 2.60. The maximum atomic E-state index is 9.21. The van der Waals surface area contributed by atoms with Crippen molar-refractivity contribution in [2.75, 3.05) is 55.0 Å². The van der Waals surface area contributed by atoms with Crippen LogP contribution in [0.1, 0.15) is 5.56 Å². The van der Waals surface area contributed by atoms with Crippen molar-refractivity contribution in [2.45, 2.75) is 0 Å². The summed E-state index contributed by atoms with van der Waals surface area (Å²) < 4.78 is 0. The summed E-state index contributed by atoms with van der Waals surface area (Å²) in [5, 5.41) is 9.21. The Kier molecular flexibility index (Phi) is 4.24. The van der Waals surface area contributed by atoms with Crippen LogP contribution in [0.4, 0.5) is 17.5 Å². The molecule has 3 rings (SSSR count). The summed E-state index contributed by atoms with van der Waals surface area (Å²) in [5.41, 5.74) is 0.623. The number of nitrogens with zero attached hydrogens (tertiary/aromatic N) is 7. The van der Waals surface area contributed by atoms with Crippen molar-refractivity contribution in [1.82, 2.24) is 15.0 Å². The van der Waals surface area contributed by atoms with Crippen LogP contribution >= 0.6 is 0 Å². The Bertz CT molecular complexity index is 714. The van der Waals surface area contributed by atoms with E-state index in [9.17, 15) is 5.26 Å². The van der Waals surface area contributed by atoms with E-state index in [0.717, 1.165) is 43.6 Å². The van der Waals surface area contributed by atoms with Gasteiger partial charge in [0.15, 0.2) is 0 Å². The Morgan fingerprint density at radius 3 is 2.52 bits per heavy atom. The van der Waals surface area contributed by atoms with Gasteiger partial charge in [0.05, 0.1) is 5.56 Å². The number of hydrogen-bond donors (Lipinski definition) is 0. The molecule has 7 heteroatoms. The van der Waals surface area contributed by atoms with E-state index >= 15 is 0 Å². The molecule has 0 unspecified atom stereocenters. The highest BCUT2D eigenvalue weighted by atomic mass is 15.3. The van der Waals surface area contributed by atoms with E-state index in [-0.39, 0.29) is 0 Å². The minimum Gasteiger partial charge on any atom is -0.363 e.